The Kier molecular flexibility index (Phi) is 8.95. The van der Waals surface area contributed by atoms with E-state index >= 15 is 0 Å². The molecule has 76 valence electrons. The predicted octanol–water partition coefficient (Wildman–Crippen LogP) is 1.21. The second-order valence-electron chi connectivity index (χ2n) is 2.79. The molecule has 0 radical (unpaired) electrons. The summed E-state index contributed by atoms with van der Waals surface area (Å²) in [6.45, 7) is 2.54. The Hall–Kier alpha value is -0.660. The highest BCUT2D eigenvalue weighted by Gasteiger charge is 2.03. The van der Waals surface area contributed by atoms with E-state index in [1.165, 1.54) is 0 Å². The molecule has 0 rings (SSSR count). The van der Waals surface area contributed by atoms with Gasteiger partial charge in [-0.2, -0.15) is 5.26 Å². The Morgan fingerprint density at radius 1 is 1.38 bits per heavy atom. The van der Waals surface area contributed by atoms with Gasteiger partial charge in [0, 0.05) is 33.2 Å². The number of nitrogens with zero attached hydrogens (tertiary/aromatic N) is 2. The van der Waals surface area contributed by atoms with Gasteiger partial charge in [-0.1, -0.05) is 0 Å². The first-order valence-electron chi connectivity index (χ1n) is 4.49. The van der Waals surface area contributed by atoms with Crippen molar-refractivity contribution in [3.05, 3.63) is 0 Å². The van der Waals surface area contributed by atoms with Gasteiger partial charge in [0.2, 0.25) is 0 Å². The zero-order valence-electron chi connectivity index (χ0n) is 8.13. The molecule has 4 heteroatoms. The quantitative estimate of drug-likeness (QED) is 0.574. The lowest BCUT2D eigenvalue weighted by Crippen LogP contribution is -2.29. The topological polar surface area (TPSA) is 36.3 Å². The van der Waals surface area contributed by atoms with Gasteiger partial charge in [0.25, 0.3) is 0 Å². The lowest BCUT2D eigenvalue weighted by molar-refractivity contribution is 0.146. The van der Waals surface area contributed by atoms with Crippen LogP contribution in [0.2, 0.25) is 0 Å². The Labute approximate surface area is 79.1 Å². The fourth-order valence-electron chi connectivity index (χ4n) is 1.05. The maximum absolute atomic E-state index is 11.9. The van der Waals surface area contributed by atoms with Crippen LogP contribution in [0.1, 0.15) is 12.8 Å². The minimum Gasteiger partial charge on any atom is -0.383 e. The summed E-state index contributed by atoms with van der Waals surface area (Å²) < 4.78 is 16.8. The van der Waals surface area contributed by atoms with E-state index in [1.807, 2.05) is 4.90 Å². The van der Waals surface area contributed by atoms with Gasteiger partial charge in [0.05, 0.1) is 19.4 Å². The Morgan fingerprint density at radius 2 is 2.15 bits per heavy atom. The Morgan fingerprint density at radius 3 is 2.69 bits per heavy atom. The third kappa shape index (κ3) is 7.69. The van der Waals surface area contributed by atoms with Crippen molar-refractivity contribution >= 4 is 0 Å². The van der Waals surface area contributed by atoms with Crippen LogP contribution in [0, 0.1) is 11.3 Å². The van der Waals surface area contributed by atoms with E-state index in [4.69, 9.17) is 10.00 Å². The van der Waals surface area contributed by atoms with Crippen molar-refractivity contribution in [2.24, 2.45) is 0 Å². The first-order valence-corrected chi connectivity index (χ1v) is 4.49. The van der Waals surface area contributed by atoms with Gasteiger partial charge >= 0.3 is 0 Å². The highest BCUT2D eigenvalue weighted by atomic mass is 19.1. The average Bonchev–Trinajstić information content (AvgIpc) is 2.17. The molecule has 0 saturated carbocycles. The lowest BCUT2D eigenvalue weighted by Gasteiger charge is -2.19. The van der Waals surface area contributed by atoms with Crippen molar-refractivity contribution in [2.75, 3.05) is 40.0 Å². The molecule has 0 aromatic carbocycles. The molecular weight excluding hydrogens is 171 g/mol. The maximum atomic E-state index is 11.9. The van der Waals surface area contributed by atoms with Gasteiger partial charge in [-0.3, -0.25) is 9.29 Å². The molecule has 0 heterocycles. The third-order valence-corrected chi connectivity index (χ3v) is 1.76. The highest BCUT2D eigenvalue weighted by Crippen LogP contribution is 1.94. The number of rotatable bonds is 8. The molecule has 0 unspecified atom stereocenters. The van der Waals surface area contributed by atoms with Crippen LogP contribution in [-0.4, -0.2) is 44.9 Å². The molecule has 0 atom stereocenters. The van der Waals surface area contributed by atoms with Crippen LogP contribution in [0.15, 0.2) is 0 Å². The van der Waals surface area contributed by atoms with Gasteiger partial charge in [-0.05, 0) is 6.42 Å². The van der Waals surface area contributed by atoms with Gasteiger partial charge in [-0.25, -0.2) is 0 Å². The molecular formula is C9H17FN2O. The number of halogens is 1. The number of nitriles is 1. The number of hydrogen-bond acceptors (Lipinski definition) is 3. The number of hydrogen-bond donors (Lipinski definition) is 0. The summed E-state index contributed by atoms with van der Waals surface area (Å²) in [6.07, 6.45) is 1.03. The summed E-state index contributed by atoms with van der Waals surface area (Å²) in [4.78, 5) is 2.05. The molecule has 0 fully saturated rings. The number of ether oxygens (including phenoxy) is 1. The lowest BCUT2D eigenvalue weighted by atomic mass is 10.3. The number of alkyl halides is 1. The van der Waals surface area contributed by atoms with Crippen LogP contribution < -0.4 is 0 Å². The second-order valence-corrected chi connectivity index (χ2v) is 2.79. The maximum Gasteiger partial charge on any atom is 0.0906 e. The molecule has 13 heavy (non-hydrogen) atoms. The van der Waals surface area contributed by atoms with E-state index in [2.05, 4.69) is 6.07 Å². The largest absolute Gasteiger partial charge is 0.383 e. The zero-order valence-corrected chi connectivity index (χ0v) is 8.13. The highest BCUT2D eigenvalue weighted by molar-refractivity contribution is 4.72. The number of methoxy groups -OCH3 is 1. The van der Waals surface area contributed by atoms with E-state index in [0.717, 1.165) is 6.54 Å². The summed E-state index contributed by atoms with van der Waals surface area (Å²) in [5, 5.41) is 8.38. The molecule has 0 spiro atoms. The van der Waals surface area contributed by atoms with Gasteiger partial charge in [0.1, 0.15) is 0 Å². The SMILES string of the molecule is COCCN(CCC#N)CCCF. The normalized spacial score (nSPS) is 10.3. The monoisotopic (exact) mass is 188 g/mol. The van der Waals surface area contributed by atoms with Crippen molar-refractivity contribution in [1.82, 2.24) is 4.90 Å². The summed E-state index contributed by atoms with van der Waals surface area (Å²) in [6, 6.07) is 2.07. The Balaban J connectivity index is 3.54. The molecule has 0 aromatic rings. The molecule has 0 amide bonds. The van der Waals surface area contributed by atoms with Crippen molar-refractivity contribution in [1.29, 1.82) is 5.26 Å². The smallest absolute Gasteiger partial charge is 0.0906 e. The van der Waals surface area contributed by atoms with Gasteiger partial charge < -0.3 is 4.74 Å². The van der Waals surface area contributed by atoms with Crippen LogP contribution in [0.25, 0.3) is 0 Å². The van der Waals surface area contributed by atoms with Crippen molar-refractivity contribution in [3.8, 4) is 6.07 Å². The minimum atomic E-state index is -0.296. The fourth-order valence-corrected chi connectivity index (χ4v) is 1.05. The predicted molar refractivity (Wildman–Crippen MR) is 49.1 cm³/mol. The molecule has 0 aliphatic heterocycles. The standard InChI is InChI=1S/C9H17FN2O/c1-13-9-8-12(6-2-4-10)7-3-5-11/h2-4,6-9H2,1H3. The van der Waals surface area contributed by atoms with E-state index < -0.39 is 0 Å². The van der Waals surface area contributed by atoms with Crippen LogP contribution in [-0.2, 0) is 4.74 Å². The third-order valence-electron chi connectivity index (χ3n) is 1.76. The molecule has 0 bridgehead atoms. The van der Waals surface area contributed by atoms with Crippen molar-refractivity contribution in [3.63, 3.8) is 0 Å². The molecule has 0 aliphatic rings. The summed E-state index contributed by atoms with van der Waals surface area (Å²) in [7, 11) is 1.64. The molecule has 3 nitrogen and oxygen atoms in total. The van der Waals surface area contributed by atoms with Crippen LogP contribution >= 0.6 is 0 Å². The van der Waals surface area contributed by atoms with E-state index in [1.54, 1.807) is 7.11 Å². The van der Waals surface area contributed by atoms with E-state index in [9.17, 15) is 4.39 Å². The van der Waals surface area contributed by atoms with Crippen LogP contribution in [0.5, 0.6) is 0 Å². The molecule has 0 N–H and O–H groups in total. The van der Waals surface area contributed by atoms with Crippen molar-refractivity contribution in [2.45, 2.75) is 12.8 Å². The second kappa shape index (κ2) is 9.43. The van der Waals surface area contributed by atoms with Crippen LogP contribution in [0.4, 0.5) is 4.39 Å². The summed E-state index contributed by atoms with van der Waals surface area (Å²) >= 11 is 0. The summed E-state index contributed by atoms with van der Waals surface area (Å²) in [5.41, 5.74) is 0. The van der Waals surface area contributed by atoms with Crippen LogP contribution in [0.3, 0.4) is 0 Å². The van der Waals surface area contributed by atoms with Gasteiger partial charge in [0.15, 0.2) is 0 Å². The Bertz CT molecular complexity index is 139. The first kappa shape index (κ1) is 12.3. The molecule has 0 aromatic heterocycles. The van der Waals surface area contributed by atoms with Crippen molar-refractivity contribution < 1.29 is 9.13 Å². The zero-order chi connectivity index (χ0) is 9.94. The van der Waals surface area contributed by atoms with E-state index in [0.29, 0.717) is 32.5 Å². The minimum absolute atomic E-state index is 0.296. The summed E-state index contributed by atoms with van der Waals surface area (Å²) in [5.74, 6) is 0. The van der Waals surface area contributed by atoms with E-state index in [-0.39, 0.29) is 6.67 Å². The van der Waals surface area contributed by atoms with Gasteiger partial charge in [-0.15, -0.1) is 0 Å². The average molecular weight is 188 g/mol. The first-order chi connectivity index (χ1) is 6.35. The molecule has 0 aliphatic carbocycles. The molecule has 0 saturated heterocycles. The fraction of sp³-hybridized carbons (Fsp3) is 0.889.